The van der Waals surface area contributed by atoms with Gasteiger partial charge in [-0.05, 0) is 37.7 Å². The number of carbonyl (C=O) groups is 2. The van der Waals surface area contributed by atoms with Crippen molar-refractivity contribution in [2.45, 2.75) is 64.0 Å². The first-order valence-corrected chi connectivity index (χ1v) is 13.5. The van der Waals surface area contributed by atoms with Crippen molar-refractivity contribution in [2.24, 2.45) is 5.92 Å². The molecule has 2 heterocycles. The summed E-state index contributed by atoms with van der Waals surface area (Å²) in [7, 11) is -0.214. The molecule has 0 spiro atoms. The lowest BCUT2D eigenvalue weighted by Crippen LogP contribution is -2.53. The molecule has 29 heavy (non-hydrogen) atoms. The number of hydrogen-bond acceptors (Lipinski definition) is 4. The molecule has 2 amide bonds. The zero-order valence-electron chi connectivity index (χ0n) is 17.8. The highest BCUT2D eigenvalue weighted by molar-refractivity contribution is 6.83. The Balaban J connectivity index is 1.86. The predicted octanol–water partition coefficient (Wildman–Crippen LogP) is 2.99. The fraction of sp³-hybridized carbons (Fsp3) is 0.571. The second kappa shape index (κ2) is 8.07. The average molecular weight is 415 g/mol. The van der Waals surface area contributed by atoms with Crippen molar-refractivity contribution in [3.63, 3.8) is 0 Å². The fourth-order valence-electron chi connectivity index (χ4n) is 3.93. The van der Waals surface area contributed by atoms with Crippen LogP contribution in [-0.4, -0.2) is 54.1 Å². The highest BCUT2D eigenvalue weighted by atomic mass is 28.3. The van der Waals surface area contributed by atoms with Gasteiger partial charge in [0.2, 0.25) is 5.91 Å². The van der Waals surface area contributed by atoms with Crippen LogP contribution in [0.3, 0.4) is 0 Å². The third-order valence-electron chi connectivity index (χ3n) is 5.52. The van der Waals surface area contributed by atoms with Gasteiger partial charge < -0.3 is 19.9 Å². The highest BCUT2D eigenvalue weighted by Gasteiger charge is 2.51. The Kier molecular flexibility index (Phi) is 5.89. The zero-order chi connectivity index (χ0) is 21.3. The standard InChI is InChI=1S/C21H30N4O3Si/c1-13(2)18(24-21(27)28-3)20(26)25-16-8-7-14(16)11-17(25)19-22-12-15(23-19)9-10-29(4,5)6/h12,14,16-18H,1,7-8,11H2,2-6H3,(H,22,23)(H,24,27)/t14-,16-,17+,18+/m1/s1. The van der Waals surface area contributed by atoms with E-state index in [-0.39, 0.29) is 18.0 Å². The number of aromatic nitrogens is 2. The van der Waals surface area contributed by atoms with Crippen LogP contribution in [-0.2, 0) is 9.53 Å². The van der Waals surface area contributed by atoms with Crippen LogP contribution in [0.2, 0.25) is 19.6 Å². The molecule has 1 saturated carbocycles. The van der Waals surface area contributed by atoms with Crippen LogP contribution < -0.4 is 5.32 Å². The van der Waals surface area contributed by atoms with Crippen molar-refractivity contribution in [1.29, 1.82) is 0 Å². The number of nitrogens with zero attached hydrogens (tertiary/aromatic N) is 2. The van der Waals surface area contributed by atoms with Crippen molar-refractivity contribution in [3.05, 3.63) is 29.9 Å². The van der Waals surface area contributed by atoms with Crippen LogP contribution in [0.5, 0.6) is 0 Å². The SMILES string of the molecule is C=C(C)[C@H](NC(=O)OC)C(=O)N1[C@@H]2CC[C@@H]2C[C@H]1c1nc(C#C[Si](C)(C)C)c[nH]1. The minimum Gasteiger partial charge on any atom is -0.453 e. The van der Waals surface area contributed by atoms with Crippen molar-refractivity contribution >= 4 is 20.1 Å². The summed E-state index contributed by atoms with van der Waals surface area (Å²) in [5, 5.41) is 2.62. The summed E-state index contributed by atoms with van der Waals surface area (Å²) in [5.74, 6) is 4.23. The molecular weight excluding hydrogens is 384 g/mol. The number of hydrogen-bond donors (Lipinski definition) is 2. The Morgan fingerprint density at radius 2 is 2.14 bits per heavy atom. The molecule has 1 aromatic rings. The van der Waals surface area contributed by atoms with Crippen LogP contribution in [0.4, 0.5) is 4.79 Å². The van der Waals surface area contributed by atoms with Gasteiger partial charge in [0.05, 0.1) is 13.2 Å². The van der Waals surface area contributed by atoms with Crippen molar-refractivity contribution in [2.75, 3.05) is 7.11 Å². The van der Waals surface area contributed by atoms with E-state index in [1.54, 1.807) is 6.92 Å². The Morgan fingerprint density at radius 1 is 1.41 bits per heavy atom. The molecule has 0 radical (unpaired) electrons. The molecule has 8 heteroatoms. The summed E-state index contributed by atoms with van der Waals surface area (Å²) in [4.78, 5) is 34.9. The van der Waals surface area contributed by atoms with Gasteiger partial charge in [-0.2, -0.15) is 0 Å². The third-order valence-corrected chi connectivity index (χ3v) is 6.39. The minimum atomic E-state index is -1.49. The number of imidazole rings is 1. The van der Waals surface area contributed by atoms with Gasteiger partial charge in [0.1, 0.15) is 25.6 Å². The molecule has 0 bridgehead atoms. The quantitative estimate of drug-likeness (QED) is 0.450. The van der Waals surface area contributed by atoms with E-state index >= 15 is 0 Å². The number of aromatic amines is 1. The molecule has 2 aliphatic rings. The number of carbonyl (C=O) groups excluding carboxylic acids is 2. The normalized spacial score (nSPS) is 23.9. The maximum atomic E-state index is 13.4. The predicted molar refractivity (Wildman–Crippen MR) is 114 cm³/mol. The van der Waals surface area contributed by atoms with E-state index in [2.05, 4.69) is 57.7 Å². The second-order valence-electron chi connectivity index (χ2n) is 8.99. The molecule has 2 fully saturated rings. The highest BCUT2D eigenvalue weighted by Crippen LogP contribution is 2.49. The van der Waals surface area contributed by atoms with Crippen LogP contribution in [0.1, 0.15) is 43.7 Å². The number of H-pyrrole nitrogens is 1. The number of rotatable bonds is 4. The first-order valence-electron chi connectivity index (χ1n) is 10.0. The van der Waals surface area contributed by atoms with Gasteiger partial charge in [0, 0.05) is 12.2 Å². The van der Waals surface area contributed by atoms with Gasteiger partial charge in [-0.1, -0.05) is 32.1 Å². The van der Waals surface area contributed by atoms with Gasteiger partial charge in [0.15, 0.2) is 0 Å². The minimum absolute atomic E-state index is 0.149. The molecule has 156 valence electrons. The van der Waals surface area contributed by atoms with Crippen molar-refractivity contribution in [1.82, 2.24) is 20.2 Å². The van der Waals surface area contributed by atoms with E-state index in [4.69, 9.17) is 0 Å². The van der Waals surface area contributed by atoms with E-state index in [1.165, 1.54) is 7.11 Å². The third kappa shape index (κ3) is 4.56. The summed E-state index contributed by atoms with van der Waals surface area (Å²) in [6.07, 6.45) is 4.11. The van der Waals surface area contributed by atoms with Crippen LogP contribution in [0.15, 0.2) is 18.3 Å². The first-order chi connectivity index (χ1) is 13.6. The fourth-order valence-corrected chi connectivity index (χ4v) is 4.43. The van der Waals surface area contributed by atoms with E-state index in [1.807, 2.05) is 11.1 Å². The van der Waals surface area contributed by atoms with Gasteiger partial charge in [-0.15, -0.1) is 5.54 Å². The number of ether oxygens (including phenoxy) is 1. The zero-order valence-corrected chi connectivity index (χ0v) is 18.8. The number of likely N-dealkylation sites (tertiary alicyclic amines) is 1. The van der Waals surface area contributed by atoms with Gasteiger partial charge in [0.25, 0.3) is 0 Å². The molecule has 3 rings (SSSR count). The second-order valence-corrected chi connectivity index (χ2v) is 13.7. The summed E-state index contributed by atoms with van der Waals surface area (Å²) >= 11 is 0. The Hall–Kier alpha value is -2.53. The molecule has 7 nitrogen and oxygen atoms in total. The average Bonchev–Trinajstić information content (AvgIpc) is 3.18. The lowest BCUT2D eigenvalue weighted by molar-refractivity contribution is -0.137. The lowest BCUT2D eigenvalue weighted by Gasteiger charge is -2.38. The van der Waals surface area contributed by atoms with Crippen LogP contribution >= 0.6 is 0 Å². The Morgan fingerprint density at radius 3 is 2.69 bits per heavy atom. The number of methoxy groups -OCH3 is 1. The topological polar surface area (TPSA) is 87.3 Å². The van der Waals surface area contributed by atoms with Crippen molar-refractivity contribution in [3.8, 4) is 11.5 Å². The molecule has 2 N–H and O–H groups in total. The molecule has 0 unspecified atom stereocenters. The molecule has 1 aliphatic heterocycles. The van der Waals surface area contributed by atoms with Crippen LogP contribution in [0, 0.1) is 17.4 Å². The Bertz CT molecular complexity index is 876. The van der Waals surface area contributed by atoms with E-state index in [9.17, 15) is 9.59 Å². The maximum Gasteiger partial charge on any atom is 0.407 e. The van der Waals surface area contributed by atoms with E-state index in [0.29, 0.717) is 17.2 Å². The number of nitrogens with one attached hydrogen (secondary N) is 2. The first kappa shape index (κ1) is 21.2. The number of alkyl carbamates (subject to hydrolysis) is 1. The van der Waals surface area contributed by atoms with Crippen molar-refractivity contribution < 1.29 is 14.3 Å². The maximum absolute atomic E-state index is 13.4. The smallest absolute Gasteiger partial charge is 0.407 e. The molecule has 1 aromatic heterocycles. The van der Waals surface area contributed by atoms with E-state index < -0.39 is 20.2 Å². The molecular formula is C21H30N4O3Si. The van der Waals surface area contributed by atoms with Gasteiger partial charge >= 0.3 is 6.09 Å². The molecule has 1 saturated heterocycles. The number of amides is 2. The molecule has 4 atom stereocenters. The van der Waals surface area contributed by atoms with E-state index in [0.717, 1.165) is 25.1 Å². The summed E-state index contributed by atoms with van der Waals surface area (Å²) < 4.78 is 4.68. The summed E-state index contributed by atoms with van der Waals surface area (Å²) in [5.41, 5.74) is 4.60. The lowest BCUT2D eigenvalue weighted by atomic mass is 9.80. The number of fused-ring (bicyclic) bond motifs is 1. The largest absolute Gasteiger partial charge is 0.453 e. The Labute approximate surface area is 173 Å². The monoisotopic (exact) mass is 414 g/mol. The summed E-state index contributed by atoms with van der Waals surface area (Å²) in [6, 6.07) is -0.787. The van der Waals surface area contributed by atoms with Crippen LogP contribution in [0.25, 0.3) is 0 Å². The summed E-state index contributed by atoms with van der Waals surface area (Å²) in [6.45, 7) is 12.2. The van der Waals surface area contributed by atoms with Gasteiger partial charge in [-0.25, -0.2) is 9.78 Å². The molecule has 1 aliphatic carbocycles. The van der Waals surface area contributed by atoms with Gasteiger partial charge in [-0.3, -0.25) is 4.79 Å². The molecule has 0 aromatic carbocycles.